The number of ketones is 1. The summed E-state index contributed by atoms with van der Waals surface area (Å²) in [5.41, 5.74) is 2.05. The molecule has 0 amide bonds. The lowest BCUT2D eigenvalue weighted by atomic mass is 10.0. The van der Waals surface area contributed by atoms with Crippen molar-refractivity contribution in [3.05, 3.63) is 59.7 Å². The van der Waals surface area contributed by atoms with Crippen LogP contribution in [0.1, 0.15) is 41.6 Å². The monoisotopic (exact) mass is 312 g/mol. The third-order valence-corrected chi connectivity index (χ3v) is 3.92. The van der Waals surface area contributed by atoms with Crippen LogP contribution >= 0.6 is 0 Å². The first-order valence-electron chi connectivity index (χ1n) is 8.03. The quantitative estimate of drug-likeness (QED) is 0.498. The maximum atomic E-state index is 12.1. The second-order valence-corrected chi connectivity index (χ2v) is 5.56. The Balaban J connectivity index is 1.69. The van der Waals surface area contributed by atoms with Crippen LogP contribution in [-0.2, 0) is 6.42 Å². The lowest BCUT2D eigenvalue weighted by molar-refractivity contribution is 0.0979. The van der Waals surface area contributed by atoms with Crippen LogP contribution in [0, 0.1) is 0 Å². The molecule has 2 aromatic carbocycles. The van der Waals surface area contributed by atoms with Gasteiger partial charge in [-0.1, -0.05) is 18.6 Å². The molecule has 0 aliphatic rings. The molecule has 23 heavy (non-hydrogen) atoms. The number of unbranched alkanes of at least 4 members (excludes halogenated alkanes) is 2. The highest BCUT2D eigenvalue weighted by molar-refractivity contribution is 5.96. The van der Waals surface area contributed by atoms with Gasteiger partial charge in [0, 0.05) is 12.0 Å². The highest BCUT2D eigenvalue weighted by Crippen LogP contribution is 2.17. The van der Waals surface area contributed by atoms with Gasteiger partial charge in [0.2, 0.25) is 0 Å². The van der Waals surface area contributed by atoms with Gasteiger partial charge in [-0.2, -0.15) is 0 Å². The van der Waals surface area contributed by atoms with Gasteiger partial charge in [0.25, 0.3) is 0 Å². The smallest absolute Gasteiger partial charge is 0.162 e. The van der Waals surface area contributed by atoms with Gasteiger partial charge in [-0.15, -0.1) is 0 Å². The minimum Gasteiger partial charge on any atom is -0.497 e. The van der Waals surface area contributed by atoms with Gasteiger partial charge in [-0.25, -0.2) is 0 Å². The molecule has 2 rings (SSSR count). The number of carbonyl (C=O) groups excluding carboxylic acids is 1. The minimum atomic E-state index is 0.203. The lowest BCUT2D eigenvalue weighted by Gasteiger charge is -2.05. The zero-order valence-corrected chi connectivity index (χ0v) is 13.9. The normalized spacial score (nSPS) is 10.3. The van der Waals surface area contributed by atoms with Gasteiger partial charge < -0.3 is 9.47 Å². The van der Waals surface area contributed by atoms with E-state index in [1.807, 2.05) is 36.4 Å². The van der Waals surface area contributed by atoms with E-state index in [1.165, 1.54) is 5.56 Å². The van der Waals surface area contributed by atoms with Crippen LogP contribution in [-0.4, -0.2) is 20.0 Å². The topological polar surface area (TPSA) is 35.5 Å². The molecular formula is C20H24O3. The van der Waals surface area contributed by atoms with Gasteiger partial charge in [0.15, 0.2) is 5.78 Å². The first kappa shape index (κ1) is 17.1. The maximum Gasteiger partial charge on any atom is 0.162 e. The highest BCUT2D eigenvalue weighted by atomic mass is 16.5. The number of methoxy groups -OCH3 is 2. The predicted molar refractivity (Wildman–Crippen MR) is 92.5 cm³/mol. The number of carbonyl (C=O) groups is 1. The van der Waals surface area contributed by atoms with E-state index in [4.69, 9.17) is 9.47 Å². The molecule has 0 heterocycles. The van der Waals surface area contributed by atoms with Crippen LogP contribution in [0.25, 0.3) is 0 Å². The van der Waals surface area contributed by atoms with Crippen LogP contribution in [0.4, 0.5) is 0 Å². The van der Waals surface area contributed by atoms with Crippen molar-refractivity contribution in [2.45, 2.75) is 32.1 Å². The average molecular weight is 312 g/mol. The Kier molecular flexibility index (Phi) is 6.67. The van der Waals surface area contributed by atoms with Crippen LogP contribution in [0.5, 0.6) is 11.5 Å². The second kappa shape index (κ2) is 8.99. The maximum absolute atomic E-state index is 12.1. The largest absolute Gasteiger partial charge is 0.497 e. The van der Waals surface area contributed by atoms with Crippen molar-refractivity contribution < 1.29 is 14.3 Å². The zero-order chi connectivity index (χ0) is 16.5. The van der Waals surface area contributed by atoms with Crippen molar-refractivity contribution in [1.82, 2.24) is 0 Å². The van der Waals surface area contributed by atoms with Crippen LogP contribution < -0.4 is 9.47 Å². The number of rotatable bonds is 9. The number of aryl methyl sites for hydroxylation is 1. The molecule has 2 aromatic rings. The first-order chi connectivity index (χ1) is 11.2. The SMILES string of the molecule is COc1ccc(C(=O)CCCCCc2cccc(OC)c2)cc1. The van der Waals surface area contributed by atoms with Gasteiger partial charge in [0.1, 0.15) is 11.5 Å². The third kappa shape index (κ3) is 5.44. The van der Waals surface area contributed by atoms with Crippen molar-refractivity contribution >= 4 is 5.78 Å². The van der Waals surface area contributed by atoms with Crippen LogP contribution in [0.2, 0.25) is 0 Å². The summed E-state index contributed by atoms with van der Waals surface area (Å²) < 4.78 is 10.3. The Bertz CT molecular complexity index is 617. The fourth-order valence-electron chi connectivity index (χ4n) is 2.54. The van der Waals surface area contributed by atoms with Crippen molar-refractivity contribution in [2.24, 2.45) is 0 Å². The van der Waals surface area contributed by atoms with Crippen molar-refractivity contribution in [3.63, 3.8) is 0 Å². The Morgan fingerprint density at radius 1 is 0.870 bits per heavy atom. The van der Waals surface area contributed by atoms with Gasteiger partial charge in [-0.05, 0) is 61.2 Å². The standard InChI is InChI=1S/C20H24O3/c1-22-18-13-11-17(12-14-18)20(21)10-5-3-4-7-16-8-6-9-19(15-16)23-2/h6,8-9,11-15H,3-5,7,10H2,1-2H3. The summed E-state index contributed by atoms with van der Waals surface area (Å²) in [5.74, 6) is 1.88. The van der Waals surface area contributed by atoms with Crippen molar-refractivity contribution in [1.29, 1.82) is 0 Å². The Labute approximate surface area is 138 Å². The number of hydrogen-bond acceptors (Lipinski definition) is 3. The molecule has 0 saturated heterocycles. The summed E-state index contributed by atoms with van der Waals surface area (Å²) in [4.78, 5) is 12.1. The molecule has 0 aromatic heterocycles. The summed E-state index contributed by atoms with van der Waals surface area (Å²) in [6.07, 6.45) is 4.69. The van der Waals surface area contributed by atoms with Crippen molar-refractivity contribution in [3.8, 4) is 11.5 Å². The molecule has 0 N–H and O–H groups in total. The number of Topliss-reactive ketones (excluding diaryl/α,β-unsaturated/α-hetero) is 1. The molecular weight excluding hydrogens is 288 g/mol. The van der Waals surface area contributed by atoms with Gasteiger partial charge in [0.05, 0.1) is 14.2 Å². The van der Waals surface area contributed by atoms with E-state index >= 15 is 0 Å². The number of hydrogen-bond donors (Lipinski definition) is 0. The van der Waals surface area contributed by atoms with E-state index in [-0.39, 0.29) is 5.78 Å². The molecule has 0 saturated carbocycles. The molecule has 0 radical (unpaired) electrons. The summed E-state index contributed by atoms with van der Waals surface area (Å²) in [7, 11) is 3.31. The molecule has 0 spiro atoms. The summed E-state index contributed by atoms with van der Waals surface area (Å²) in [6, 6.07) is 15.5. The molecule has 0 unspecified atom stereocenters. The van der Waals surface area contributed by atoms with E-state index in [9.17, 15) is 4.79 Å². The van der Waals surface area contributed by atoms with Crippen molar-refractivity contribution in [2.75, 3.05) is 14.2 Å². The zero-order valence-electron chi connectivity index (χ0n) is 13.9. The summed E-state index contributed by atoms with van der Waals surface area (Å²) in [6.45, 7) is 0. The number of benzene rings is 2. The molecule has 0 aliphatic heterocycles. The molecule has 0 aliphatic carbocycles. The molecule has 0 bridgehead atoms. The fraction of sp³-hybridized carbons (Fsp3) is 0.350. The van der Waals surface area contributed by atoms with Gasteiger partial charge >= 0.3 is 0 Å². The lowest BCUT2D eigenvalue weighted by Crippen LogP contribution is -1.99. The molecule has 0 atom stereocenters. The molecule has 3 heteroatoms. The Morgan fingerprint density at radius 3 is 2.30 bits per heavy atom. The van der Waals surface area contributed by atoms with Crippen LogP contribution in [0.15, 0.2) is 48.5 Å². The van der Waals surface area contributed by atoms with E-state index < -0.39 is 0 Å². The van der Waals surface area contributed by atoms with Gasteiger partial charge in [-0.3, -0.25) is 4.79 Å². The van der Waals surface area contributed by atoms with E-state index in [0.717, 1.165) is 42.7 Å². The fourth-order valence-corrected chi connectivity index (χ4v) is 2.54. The third-order valence-electron chi connectivity index (χ3n) is 3.92. The summed E-state index contributed by atoms with van der Waals surface area (Å²) >= 11 is 0. The average Bonchev–Trinajstić information content (AvgIpc) is 2.61. The number of ether oxygens (including phenoxy) is 2. The summed E-state index contributed by atoms with van der Waals surface area (Å²) in [5, 5.41) is 0. The van der Waals surface area contributed by atoms with E-state index in [2.05, 4.69) is 12.1 Å². The Morgan fingerprint density at radius 2 is 1.61 bits per heavy atom. The molecule has 0 fully saturated rings. The van der Waals surface area contributed by atoms with E-state index in [1.54, 1.807) is 14.2 Å². The predicted octanol–water partition coefficient (Wildman–Crippen LogP) is 4.69. The Hall–Kier alpha value is -2.29. The second-order valence-electron chi connectivity index (χ2n) is 5.56. The highest BCUT2D eigenvalue weighted by Gasteiger charge is 2.05. The first-order valence-corrected chi connectivity index (χ1v) is 8.03. The minimum absolute atomic E-state index is 0.203. The molecule has 122 valence electrons. The van der Waals surface area contributed by atoms with Crippen LogP contribution in [0.3, 0.4) is 0 Å². The molecule has 3 nitrogen and oxygen atoms in total. The van der Waals surface area contributed by atoms with E-state index in [0.29, 0.717) is 6.42 Å².